The summed E-state index contributed by atoms with van der Waals surface area (Å²) in [6.45, 7) is -0.248. The van der Waals surface area contributed by atoms with E-state index in [1.165, 1.54) is 0 Å². The van der Waals surface area contributed by atoms with Crippen molar-refractivity contribution in [2.24, 2.45) is 0 Å². The lowest BCUT2D eigenvalue weighted by molar-refractivity contribution is -0.142. The Balaban J connectivity index is 1.65. The van der Waals surface area contributed by atoms with Crippen molar-refractivity contribution in [2.45, 2.75) is 44.9 Å². The zero-order valence-electron chi connectivity index (χ0n) is 15.9. The second-order valence-electron chi connectivity index (χ2n) is 6.69. The molecule has 5 nitrogen and oxygen atoms in total. The van der Waals surface area contributed by atoms with Gasteiger partial charge < -0.3 is 9.84 Å². The first-order valence-electron chi connectivity index (χ1n) is 9.62. The van der Waals surface area contributed by atoms with Crippen LogP contribution in [0.4, 0.5) is 0 Å². The van der Waals surface area contributed by atoms with Gasteiger partial charge in [0, 0.05) is 18.4 Å². The van der Waals surface area contributed by atoms with Gasteiger partial charge in [0.1, 0.15) is 0 Å². The van der Waals surface area contributed by atoms with Crippen molar-refractivity contribution in [1.29, 1.82) is 0 Å². The molecule has 148 valence electrons. The van der Waals surface area contributed by atoms with Crippen molar-refractivity contribution in [3.8, 4) is 11.1 Å². The van der Waals surface area contributed by atoms with Crippen molar-refractivity contribution in [3.05, 3.63) is 60.2 Å². The third-order valence-corrected chi connectivity index (χ3v) is 4.45. The monoisotopic (exact) mass is 382 g/mol. The van der Waals surface area contributed by atoms with E-state index in [0.717, 1.165) is 30.4 Å². The molecular formula is C23H26O5. The molecule has 2 rings (SSSR count). The Morgan fingerprint density at radius 1 is 0.714 bits per heavy atom. The molecule has 0 saturated heterocycles. The molecule has 0 aliphatic rings. The van der Waals surface area contributed by atoms with Crippen LogP contribution < -0.4 is 0 Å². The SMILES string of the molecule is O=C(O)CCCCCCCC(=O)OCC(=O)c1ccc(-c2ccccc2)cc1. The predicted molar refractivity (Wildman–Crippen MR) is 107 cm³/mol. The highest BCUT2D eigenvalue weighted by Crippen LogP contribution is 2.19. The lowest BCUT2D eigenvalue weighted by Gasteiger charge is -2.06. The topological polar surface area (TPSA) is 80.7 Å². The van der Waals surface area contributed by atoms with Crippen LogP contribution in [0, 0.1) is 0 Å². The molecular weight excluding hydrogens is 356 g/mol. The van der Waals surface area contributed by atoms with E-state index in [1.807, 2.05) is 42.5 Å². The Morgan fingerprint density at radius 2 is 1.29 bits per heavy atom. The van der Waals surface area contributed by atoms with E-state index in [4.69, 9.17) is 9.84 Å². The highest BCUT2D eigenvalue weighted by atomic mass is 16.5. The number of unbranched alkanes of at least 4 members (excludes halogenated alkanes) is 4. The van der Waals surface area contributed by atoms with Crippen molar-refractivity contribution < 1.29 is 24.2 Å². The number of carboxylic acid groups (broad SMARTS) is 1. The fraction of sp³-hybridized carbons (Fsp3) is 0.348. The number of carbonyl (C=O) groups is 3. The Bertz CT molecular complexity index is 765. The van der Waals surface area contributed by atoms with Crippen LogP contribution in [0.1, 0.15) is 55.3 Å². The Hall–Kier alpha value is -2.95. The van der Waals surface area contributed by atoms with Crippen LogP contribution in [-0.4, -0.2) is 29.4 Å². The summed E-state index contributed by atoms with van der Waals surface area (Å²) in [4.78, 5) is 34.3. The van der Waals surface area contributed by atoms with Crippen LogP contribution in [0.15, 0.2) is 54.6 Å². The van der Waals surface area contributed by atoms with Crippen LogP contribution in [0.3, 0.4) is 0 Å². The highest BCUT2D eigenvalue weighted by molar-refractivity contribution is 5.98. The summed E-state index contributed by atoms with van der Waals surface area (Å²) in [6, 6.07) is 17.1. The van der Waals surface area contributed by atoms with Gasteiger partial charge in [-0.25, -0.2) is 0 Å². The van der Waals surface area contributed by atoms with Gasteiger partial charge in [-0.3, -0.25) is 14.4 Å². The molecule has 5 heteroatoms. The second-order valence-corrected chi connectivity index (χ2v) is 6.69. The standard InChI is InChI=1S/C23H26O5/c24-21(17-28-23(27)12-8-3-1-2-7-11-22(25)26)20-15-13-19(14-16-20)18-9-5-4-6-10-18/h4-6,9-10,13-16H,1-3,7-8,11-12,17H2,(H,25,26). The number of hydrogen-bond donors (Lipinski definition) is 1. The van der Waals surface area contributed by atoms with Gasteiger partial charge in [-0.15, -0.1) is 0 Å². The zero-order valence-corrected chi connectivity index (χ0v) is 15.9. The van der Waals surface area contributed by atoms with E-state index < -0.39 is 5.97 Å². The van der Waals surface area contributed by atoms with E-state index in [1.54, 1.807) is 12.1 Å². The first kappa shape index (κ1) is 21.4. The molecule has 0 atom stereocenters. The number of Topliss-reactive ketones (excluding diaryl/α,β-unsaturated/α-hetero) is 1. The third kappa shape index (κ3) is 7.74. The summed E-state index contributed by atoms with van der Waals surface area (Å²) in [5.41, 5.74) is 2.62. The summed E-state index contributed by atoms with van der Waals surface area (Å²) in [5, 5.41) is 8.55. The molecule has 1 N–H and O–H groups in total. The minimum atomic E-state index is -0.775. The highest BCUT2D eigenvalue weighted by Gasteiger charge is 2.10. The van der Waals surface area contributed by atoms with Crippen molar-refractivity contribution in [3.63, 3.8) is 0 Å². The average molecular weight is 382 g/mol. The quantitative estimate of drug-likeness (QED) is 0.321. The van der Waals surface area contributed by atoms with Gasteiger partial charge in [-0.1, -0.05) is 73.9 Å². The molecule has 0 heterocycles. The van der Waals surface area contributed by atoms with Crippen LogP contribution in [0.2, 0.25) is 0 Å². The van der Waals surface area contributed by atoms with Crippen LogP contribution in [-0.2, 0) is 14.3 Å². The number of rotatable bonds is 12. The van der Waals surface area contributed by atoms with Gasteiger partial charge in [-0.05, 0) is 24.0 Å². The molecule has 0 aliphatic heterocycles. The van der Waals surface area contributed by atoms with E-state index in [0.29, 0.717) is 18.4 Å². The van der Waals surface area contributed by atoms with E-state index >= 15 is 0 Å². The van der Waals surface area contributed by atoms with E-state index in [-0.39, 0.29) is 31.2 Å². The summed E-state index contributed by atoms with van der Waals surface area (Å²) >= 11 is 0. The fourth-order valence-electron chi connectivity index (χ4n) is 2.86. The molecule has 0 aliphatic carbocycles. The van der Waals surface area contributed by atoms with Gasteiger partial charge in [0.05, 0.1) is 0 Å². The van der Waals surface area contributed by atoms with E-state index in [2.05, 4.69) is 0 Å². The van der Waals surface area contributed by atoms with Crippen LogP contribution in [0.5, 0.6) is 0 Å². The maximum absolute atomic E-state index is 12.2. The maximum atomic E-state index is 12.2. The number of hydrogen-bond acceptors (Lipinski definition) is 4. The molecule has 2 aromatic carbocycles. The summed E-state index contributed by atoms with van der Waals surface area (Å²) < 4.78 is 5.07. The molecule has 0 amide bonds. The third-order valence-electron chi connectivity index (χ3n) is 4.45. The fourth-order valence-corrected chi connectivity index (χ4v) is 2.86. The number of carboxylic acids is 1. The molecule has 0 spiro atoms. The molecule has 0 unspecified atom stereocenters. The Kier molecular flexibility index (Phi) is 8.92. The molecule has 2 aromatic rings. The zero-order chi connectivity index (χ0) is 20.2. The summed E-state index contributed by atoms with van der Waals surface area (Å²) in [6.07, 6.45) is 4.41. The molecule has 0 aromatic heterocycles. The first-order valence-corrected chi connectivity index (χ1v) is 9.62. The number of esters is 1. The molecule has 0 bridgehead atoms. The molecule has 0 saturated carbocycles. The van der Waals surface area contributed by atoms with Crippen LogP contribution in [0.25, 0.3) is 11.1 Å². The van der Waals surface area contributed by atoms with Gasteiger partial charge in [0.15, 0.2) is 12.4 Å². The van der Waals surface area contributed by atoms with Crippen molar-refractivity contribution in [2.75, 3.05) is 6.61 Å². The maximum Gasteiger partial charge on any atom is 0.306 e. The summed E-state index contributed by atoms with van der Waals surface area (Å²) in [5.74, 6) is -1.37. The average Bonchev–Trinajstić information content (AvgIpc) is 2.72. The van der Waals surface area contributed by atoms with Crippen molar-refractivity contribution in [1.82, 2.24) is 0 Å². The first-order chi connectivity index (χ1) is 13.6. The number of ether oxygens (including phenoxy) is 1. The predicted octanol–water partition coefficient (Wildman–Crippen LogP) is 4.89. The Labute approximate surface area is 165 Å². The smallest absolute Gasteiger partial charge is 0.306 e. The lowest BCUT2D eigenvalue weighted by atomic mass is 10.0. The number of carbonyl (C=O) groups excluding carboxylic acids is 2. The normalized spacial score (nSPS) is 10.4. The molecule has 28 heavy (non-hydrogen) atoms. The minimum Gasteiger partial charge on any atom is -0.481 e. The molecule has 0 fully saturated rings. The van der Waals surface area contributed by atoms with Gasteiger partial charge in [-0.2, -0.15) is 0 Å². The largest absolute Gasteiger partial charge is 0.481 e. The van der Waals surface area contributed by atoms with Gasteiger partial charge >= 0.3 is 11.9 Å². The number of ketones is 1. The van der Waals surface area contributed by atoms with E-state index in [9.17, 15) is 14.4 Å². The second kappa shape index (κ2) is 11.7. The summed E-state index contributed by atoms with van der Waals surface area (Å²) in [7, 11) is 0. The minimum absolute atomic E-state index is 0.191. The van der Waals surface area contributed by atoms with Gasteiger partial charge in [0.25, 0.3) is 0 Å². The van der Waals surface area contributed by atoms with Gasteiger partial charge in [0.2, 0.25) is 0 Å². The van der Waals surface area contributed by atoms with Crippen molar-refractivity contribution >= 4 is 17.7 Å². The number of benzene rings is 2. The Morgan fingerprint density at radius 3 is 1.93 bits per heavy atom. The lowest BCUT2D eigenvalue weighted by Crippen LogP contribution is -2.13. The number of aliphatic carboxylic acids is 1. The van der Waals surface area contributed by atoms with Crippen LogP contribution >= 0.6 is 0 Å². The molecule has 0 radical (unpaired) electrons.